The summed E-state index contributed by atoms with van der Waals surface area (Å²) in [4.78, 5) is 6.93. The van der Waals surface area contributed by atoms with Gasteiger partial charge in [-0.2, -0.15) is 5.26 Å². The Labute approximate surface area is 115 Å². The van der Waals surface area contributed by atoms with Crippen molar-refractivity contribution < 1.29 is 0 Å². The first-order valence-electron chi connectivity index (χ1n) is 7.45. The SMILES string of the molecule is CCC1CCC(C#N)C(N2CCn3ccnc3C2)C1. The highest BCUT2D eigenvalue weighted by molar-refractivity contribution is 5.02. The van der Waals surface area contributed by atoms with Crippen LogP contribution in [0.4, 0.5) is 0 Å². The van der Waals surface area contributed by atoms with Crippen LogP contribution in [0.2, 0.25) is 0 Å². The summed E-state index contributed by atoms with van der Waals surface area (Å²) in [6.45, 7) is 5.26. The minimum atomic E-state index is 0.212. The molecule has 3 atom stereocenters. The minimum Gasteiger partial charge on any atom is -0.333 e. The number of hydrogen-bond donors (Lipinski definition) is 0. The van der Waals surface area contributed by atoms with E-state index in [9.17, 15) is 5.26 Å². The second-order valence-electron chi connectivity index (χ2n) is 5.90. The maximum absolute atomic E-state index is 9.41. The fraction of sp³-hybridized carbons (Fsp3) is 0.733. The third kappa shape index (κ3) is 2.40. The number of fused-ring (bicyclic) bond motifs is 1. The van der Waals surface area contributed by atoms with E-state index in [0.717, 1.165) is 37.8 Å². The van der Waals surface area contributed by atoms with E-state index in [1.165, 1.54) is 19.3 Å². The molecule has 4 heteroatoms. The van der Waals surface area contributed by atoms with Crippen molar-refractivity contribution in [2.45, 2.75) is 51.7 Å². The fourth-order valence-electron chi connectivity index (χ4n) is 3.63. The molecular formula is C15H22N4. The van der Waals surface area contributed by atoms with Gasteiger partial charge in [0, 0.05) is 31.5 Å². The Bertz CT molecular complexity index is 473. The van der Waals surface area contributed by atoms with Crippen LogP contribution in [0.1, 0.15) is 38.4 Å². The van der Waals surface area contributed by atoms with Gasteiger partial charge in [0.15, 0.2) is 0 Å². The van der Waals surface area contributed by atoms with Crippen molar-refractivity contribution in [2.24, 2.45) is 11.8 Å². The largest absolute Gasteiger partial charge is 0.333 e. The average Bonchev–Trinajstić information content (AvgIpc) is 2.93. The predicted molar refractivity (Wildman–Crippen MR) is 73.2 cm³/mol. The first-order valence-corrected chi connectivity index (χ1v) is 7.45. The number of hydrogen-bond acceptors (Lipinski definition) is 3. The molecule has 102 valence electrons. The molecule has 1 aliphatic heterocycles. The van der Waals surface area contributed by atoms with Gasteiger partial charge in [-0.15, -0.1) is 0 Å². The Hall–Kier alpha value is -1.34. The molecule has 3 unspecified atom stereocenters. The smallest absolute Gasteiger partial charge is 0.122 e. The lowest BCUT2D eigenvalue weighted by atomic mass is 9.77. The third-order valence-electron chi connectivity index (χ3n) is 4.91. The van der Waals surface area contributed by atoms with Gasteiger partial charge in [0.1, 0.15) is 5.82 Å². The van der Waals surface area contributed by atoms with Crippen LogP contribution in [-0.4, -0.2) is 27.0 Å². The van der Waals surface area contributed by atoms with Crippen LogP contribution in [0.5, 0.6) is 0 Å². The van der Waals surface area contributed by atoms with Gasteiger partial charge in [0.05, 0.1) is 18.5 Å². The van der Waals surface area contributed by atoms with Crippen LogP contribution in [0.25, 0.3) is 0 Å². The van der Waals surface area contributed by atoms with E-state index >= 15 is 0 Å². The standard InChI is InChI=1S/C15H22N4/c1-2-12-3-4-13(10-16)14(9-12)19-8-7-18-6-5-17-15(18)11-19/h5-6,12-14H,2-4,7-9,11H2,1H3. The van der Waals surface area contributed by atoms with Crippen molar-refractivity contribution in [3.8, 4) is 6.07 Å². The van der Waals surface area contributed by atoms with Gasteiger partial charge in [-0.25, -0.2) is 4.98 Å². The highest BCUT2D eigenvalue weighted by Crippen LogP contribution is 2.34. The maximum Gasteiger partial charge on any atom is 0.122 e. The molecule has 19 heavy (non-hydrogen) atoms. The summed E-state index contributed by atoms with van der Waals surface area (Å²) in [5.74, 6) is 2.17. The fourth-order valence-corrected chi connectivity index (χ4v) is 3.63. The van der Waals surface area contributed by atoms with Gasteiger partial charge in [-0.05, 0) is 25.2 Å². The monoisotopic (exact) mass is 258 g/mol. The molecule has 0 aromatic carbocycles. The van der Waals surface area contributed by atoms with E-state index in [2.05, 4.69) is 33.6 Å². The van der Waals surface area contributed by atoms with Crippen LogP contribution in [0, 0.1) is 23.2 Å². The lowest BCUT2D eigenvalue weighted by molar-refractivity contribution is 0.0745. The molecule has 0 amide bonds. The first kappa shape index (κ1) is 12.7. The van der Waals surface area contributed by atoms with Crippen molar-refractivity contribution in [3.05, 3.63) is 18.2 Å². The van der Waals surface area contributed by atoms with Crippen LogP contribution < -0.4 is 0 Å². The molecular weight excluding hydrogens is 236 g/mol. The van der Waals surface area contributed by atoms with Gasteiger partial charge in [-0.1, -0.05) is 13.3 Å². The van der Waals surface area contributed by atoms with E-state index < -0.39 is 0 Å². The zero-order valence-electron chi connectivity index (χ0n) is 11.6. The normalized spacial score (nSPS) is 31.7. The van der Waals surface area contributed by atoms with Crippen molar-refractivity contribution >= 4 is 0 Å². The Morgan fingerprint density at radius 2 is 2.32 bits per heavy atom. The molecule has 0 saturated heterocycles. The van der Waals surface area contributed by atoms with Gasteiger partial charge in [0.25, 0.3) is 0 Å². The highest BCUT2D eigenvalue weighted by Gasteiger charge is 2.35. The van der Waals surface area contributed by atoms with E-state index in [0.29, 0.717) is 6.04 Å². The van der Waals surface area contributed by atoms with E-state index in [1.807, 2.05) is 6.20 Å². The predicted octanol–water partition coefficient (Wildman–Crippen LogP) is 2.42. The number of nitriles is 1. The lowest BCUT2D eigenvalue weighted by Crippen LogP contribution is -2.47. The summed E-state index contributed by atoms with van der Waals surface area (Å²) in [7, 11) is 0. The number of imidazole rings is 1. The number of rotatable bonds is 2. The molecule has 1 saturated carbocycles. The molecule has 1 aromatic rings. The Morgan fingerprint density at radius 3 is 3.11 bits per heavy atom. The van der Waals surface area contributed by atoms with Crippen LogP contribution in [-0.2, 0) is 13.1 Å². The van der Waals surface area contributed by atoms with Gasteiger partial charge in [-0.3, -0.25) is 4.90 Å². The van der Waals surface area contributed by atoms with Crippen molar-refractivity contribution in [1.82, 2.24) is 14.5 Å². The molecule has 3 rings (SSSR count). The van der Waals surface area contributed by atoms with Crippen LogP contribution in [0.15, 0.2) is 12.4 Å². The zero-order chi connectivity index (χ0) is 13.2. The molecule has 2 heterocycles. The van der Waals surface area contributed by atoms with E-state index in [1.54, 1.807) is 0 Å². The third-order valence-corrected chi connectivity index (χ3v) is 4.91. The molecule has 0 radical (unpaired) electrons. The number of nitrogens with zero attached hydrogens (tertiary/aromatic N) is 4. The molecule has 0 spiro atoms. The van der Waals surface area contributed by atoms with E-state index in [-0.39, 0.29) is 5.92 Å². The van der Waals surface area contributed by atoms with Crippen molar-refractivity contribution in [1.29, 1.82) is 5.26 Å². The second-order valence-corrected chi connectivity index (χ2v) is 5.90. The van der Waals surface area contributed by atoms with Crippen LogP contribution >= 0.6 is 0 Å². The summed E-state index contributed by atoms with van der Waals surface area (Å²) in [5, 5.41) is 9.41. The summed E-state index contributed by atoms with van der Waals surface area (Å²) in [6, 6.07) is 2.98. The molecule has 2 aliphatic rings. The minimum absolute atomic E-state index is 0.212. The van der Waals surface area contributed by atoms with Gasteiger partial charge >= 0.3 is 0 Å². The van der Waals surface area contributed by atoms with E-state index in [4.69, 9.17) is 0 Å². The van der Waals surface area contributed by atoms with Gasteiger partial charge < -0.3 is 4.57 Å². The zero-order valence-corrected chi connectivity index (χ0v) is 11.6. The first-order chi connectivity index (χ1) is 9.31. The van der Waals surface area contributed by atoms with Crippen LogP contribution in [0.3, 0.4) is 0 Å². The number of aromatic nitrogens is 2. The summed E-state index contributed by atoms with van der Waals surface area (Å²) < 4.78 is 2.23. The molecule has 1 aliphatic carbocycles. The summed E-state index contributed by atoms with van der Waals surface area (Å²) in [6.07, 6.45) is 8.69. The Kier molecular flexibility index (Phi) is 3.56. The second kappa shape index (κ2) is 5.34. The highest BCUT2D eigenvalue weighted by atomic mass is 15.3. The molecule has 1 aromatic heterocycles. The molecule has 0 N–H and O–H groups in total. The summed E-state index contributed by atoms with van der Waals surface area (Å²) in [5.41, 5.74) is 0. The van der Waals surface area contributed by atoms with Crippen molar-refractivity contribution in [2.75, 3.05) is 6.54 Å². The quantitative estimate of drug-likeness (QED) is 0.818. The molecule has 0 bridgehead atoms. The Morgan fingerprint density at radius 1 is 1.42 bits per heavy atom. The summed E-state index contributed by atoms with van der Waals surface area (Å²) >= 11 is 0. The maximum atomic E-state index is 9.41. The van der Waals surface area contributed by atoms with Crippen molar-refractivity contribution in [3.63, 3.8) is 0 Å². The molecule has 4 nitrogen and oxygen atoms in total. The molecule has 1 fully saturated rings. The average molecular weight is 258 g/mol. The topological polar surface area (TPSA) is 44.9 Å². The Balaban J connectivity index is 1.75. The lowest BCUT2D eigenvalue weighted by Gasteiger charge is -2.41. The van der Waals surface area contributed by atoms with Gasteiger partial charge in [0.2, 0.25) is 0 Å².